The van der Waals surface area contributed by atoms with Crippen LogP contribution in [0.3, 0.4) is 0 Å². The van der Waals surface area contributed by atoms with Gasteiger partial charge in [-0.2, -0.15) is 0 Å². The maximum atomic E-state index is 12.6. The fraction of sp³-hybridized carbons (Fsp3) is 0.304. The Hall–Kier alpha value is -3.36. The molecule has 1 amide bonds. The highest BCUT2D eigenvalue weighted by Gasteiger charge is 2.21. The number of nitrogens with zero attached hydrogens (tertiary/aromatic N) is 1. The molecular formula is C23H24N4O4. The fourth-order valence-corrected chi connectivity index (χ4v) is 4.19. The Balaban J connectivity index is 1.21. The molecule has 1 aliphatic rings. The molecule has 0 bridgehead atoms. The number of carbonyl (C=O) groups excluding carboxylic acids is 1. The number of benzene rings is 2. The van der Waals surface area contributed by atoms with E-state index in [-0.39, 0.29) is 11.6 Å². The van der Waals surface area contributed by atoms with Crippen molar-refractivity contribution in [3.8, 4) is 0 Å². The Morgan fingerprint density at radius 1 is 1.13 bits per heavy atom. The third-order valence-corrected chi connectivity index (χ3v) is 5.63. The number of ether oxygens (including phenoxy) is 1. The van der Waals surface area contributed by atoms with Gasteiger partial charge < -0.3 is 24.4 Å². The molecule has 0 unspecified atom stereocenters. The molecule has 1 fully saturated rings. The summed E-state index contributed by atoms with van der Waals surface area (Å²) in [5, 5.41) is 4.02. The first-order chi connectivity index (χ1) is 15.1. The fourth-order valence-electron chi connectivity index (χ4n) is 4.19. The molecular weight excluding hydrogens is 396 g/mol. The number of rotatable bonds is 5. The van der Waals surface area contributed by atoms with Crippen LogP contribution in [-0.2, 0) is 16.0 Å². The van der Waals surface area contributed by atoms with Gasteiger partial charge in [0.15, 0.2) is 0 Å². The van der Waals surface area contributed by atoms with Crippen molar-refractivity contribution in [2.24, 2.45) is 5.92 Å². The molecule has 0 spiro atoms. The van der Waals surface area contributed by atoms with Crippen molar-refractivity contribution in [3.05, 3.63) is 64.8 Å². The van der Waals surface area contributed by atoms with E-state index in [9.17, 15) is 9.59 Å². The minimum Gasteiger partial charge on any atom is -0.464 e. The van der Waals surface area contributed by atoms with Crippen LogP contribution < -0.4 is 11.0 Å². The summed E-state index contributed by atoms with van der Waals surface area (Å²) in [5.74, 6) is 0.207. The molecule has 0 aliphatic carbocycles. The predicted molar refractivity (Wildman–Crippen MR) is 118 cm³/mol. The van der Waals surface area contributed by atoms with Gasteiger partial charge in [-0.25, -0.2) is 4.79 Å². The molecule has 1 aliphatic heterocycles. The van der Waals surface area contributed by atoms with E-state index in [4.69, 9.17) is 9.15 Å². The highest BCUT2D eigenvalue weighted by molar-refractivity contribution is 5.94. The zero-order chi connectivity index (χ0) is 21.2. The Morgan fingerprint density at radius 2 is 2.03 bits per heavy atom. The maximum Gasteiger partial charge on any atom is 0.323 e. The molecule has 2 aromatic carbocycles. The van der Waals surface area contributed by atoms with Crippen molar-refractivity contribution in [1.82, 2.24) is 14.9 Å². The number of aromatic amines is 2. The number of anilines is 1. The lowest BCUT2D eigenvalue weighted by Gasteiger charge is -2.23. The van der Waals surface area contributed by atoms with E-state index in [1.54, 1.807) is 24.5 Å². The van der Waals surface area contributed by atoms with Gasteiger partial charge in [-0.15, -0.1) is 0 Å². The minimum atomic E-state index is -0.264. The van der Waals surface area contributed by atoms with Crippen LogP contribution in [0.2, 0.25) is 0 Å². The van der Waals surface area contributed by atoms with Crippen LogP contribution in [0, 0.1) is 5.92 Å². The second kappa shape index (κ2) is 8.41. The van der Waals surface area contributed by atoms with Crippen LogP contribution in [0.5, 0.6) is 0 Å². The molecule has 1 saturated heterocycles. The number of amides is 1. The van der Waals surface area contributed by atoms with Crippen LogP contribution >= 0.6 is 0 Å². The minimum absolute atomic E-state index is 0.0881. The quantitative estimate of drug-likeness (QED) is 0.461. The van der Waals surface area contributed by atoms with E-state index in [1.165, 1.54) is 5.56 Å². The summed E-state index contributed by atoms with van der Waals surface area (Å²) in [6, 6.07) is 13.5. The van der Waals surface area contributed by atoms with Crippen LogP contribution in [-0.4, -0.2) is 53.6 Å². The van der Waals surface area contributed by atoms with Gasteiger partial charge in [-0.1, -0.05) is 12.1 Å². The predicted octanol–water partition coefficient (Wildman–Crippen LogP) is 2.73. The van der Waals surface area contributed by atoms with Crippen molar-refractivity contribution in [2.75, 3.05) is 38.2 Å². The lowest BCUT2D eigenvalue weighted by molar-refractivity contribution is -0.117. The molecule has 2 aromatic heterocycles. The Bertz CT molecular complexity index is 1270. The lowest BCUT2D eigenvalue weighted by atomic mass is 9.99. The number of carbonyl (C=O) groups is 1. The molecule has 0 radical (unpaired) electrons. The van der Waals surface area contributed by atoms with E-state index < -0.39 is 0 Å². The largest absolute Gasteiger partial charge is 0.464 e. The number of H-pyrrole nitrogens is 2. The molecule has 4 aromatic rings. The maximum absolute atomic E-state index is 12.6. The zero-order valence-electron chi connectivity index (χ0n) is 17.0. The van der Waals surface area contributed by atoms with Crippen molar-refractivity contribution in [3.63, 3.8) is 0 Å². The van der Waals surface area contributed by atoms with Gasteiger partial charge in [0.1, 0.15) is 5.58 Å². The number of fused-ring (bicyclic) bond motifs is 2. The molecule has 3 N–H and O–H groups in total. The zero-order valence-corrected chi connectivity index (χ0v) is 17.0. The first-order valence-corrected chi connectivity index (χ1v) is 10.4. The van der Waals surface area contributed by atoms with Gasteiger partial charge in [0.25, 0.3) is 0 Å². The summed E-state index contributed by atoms with van der Waals surface area (Å²) in [6.07, 6.45) is 2.57. The van der Waals surface area contributed by atoms with Crippen LogP contribution in [0.15, 0.2) is 57.9 Å². The van der Waals surface area contributed by atoms with Crippen molar-refractivity contribution < 1.29 is 13.9 Å². The van der Waals surface area contributed by atoms with Crippen LogP contribution in [0.4, 0.5) is 5.69 Å². The Kier molecular flexibility index (Phi) is 5.31. The second-order valence-corrected chi connectivity index (χ2v) is 8.06. The third-order valence-electron chi connectivity index (χ3n) is 5.63. The van der Waals surface area contributed by atoms with Gasteiger partial charge in [-0.3, -0.25) is 9.69 Å². The van der Waals surface area contributed by atoms with Crippen LogP contribution in [0.1, 0.15) is 5.56 Å². The lowest BCUT2D eigenvalue weighted by Crippen LogP contribution is -2.37. The first kappa shape index (κ1) is 19.6. The third kappa shape index (κ3) is 4.55. The SMILES string of the molecule is O=C(CN1CCOC[C@@H](Cc2ccc3ccoc3c2)C1)Nc1ccc2[nH]c(=O)[nH]c2c1. The highest BCUT2D eigenvalue weighted by Crippen LogP contribution is 2.21. The molecule has 8 heteroatoms. The van der Waals surface area contributed by atoms with E-state index in [2.05, 4.69) is 38.4 Å². The summed E-state index contributed by atoms with van der Waals surface area (Å²) in [6.45, 7) is 3.07. The molecule has 8 nitrogen and oxygen atoms in total. The molecule has 31 heavy (non-hydrogen) atoms. The smallest absolute Gasteiger partial charge is 0.323 e. The Labute approximate surface area is 178 Å². The molecule has 3 heterocycles. The van der Waals surface area contributed by atoms with Gasteiger partial charge in [0.05, 0.1) is 37.1 Å². The standard InChI is InChI=1S/C23H24N4O4/c28-22(24-18-3-4-19-20(11-18)26-23(29)25-19)13-27-6-8-30-14-16(12-27)9-15-1-2-17-5-7-31-21(17)10-15/h1-5,7,10-11,16H,6,8-9,12-14H2,(H,24,28)(H2,25,26,29)/t16-/m0/s1. The van der Waals surface area contributed by atoms with Crippen LogP contribution in [0.25, 0.3) is 22.0 Å². The van der Waals surface area contributed by atoms with Gasteiger partial charge in [0.2, 0.25) is 5.91 Å². The number of aromatic nitrogens is 2. The average Bonchev–Trinajstić information content (AvgIpc) is 3.28. The summed E-state index contributed by atoms with van der Waals surface area (Å²) >= 11 is 0. The number of furan rings is 1. The van der Waals surface area contributed by atoms with E-state index in [0.717, 1.165) is 23.9 Å². The molecule has 1 atom stereocenters. The Morgan fingerprint density at radius 3 is 2.97 bits per heavy atom. The monoisotopic (exact) mass is 420 g/mol. The summed E-state index contributed by atoms with van der Waals surface area (Å²) in [4.78, 5) is 31.6. The number of hydrogen-bond acceptors (Lipinski definition) is 5. The summed E-state index contributed by atoms with van der Waals surface area (Å²) < 4.78 is 11.3. The van der Waals surface area contributed by atoms with Gasteiger partial charge in [-0.05, 0) is 48.2 Å². The first-order valence-electron chi connectivity index (χ1n) is 10.4. The van der Waals surface area contributed by atoms with Gasteiger partial charge in [0, 0.05) is 24.2 Å². The van der Waals surface area contributed by atoms with Crippen molar-refractivity contribution >= 4 is 33.6 Å². The van der Waals surface area contributed by atoms with Crippen molar-refractivity contribution in [2.45, 2.75) is 6.42 Å². The van der Waals surface area contributed by atoms with Gasteiger partial charge >= 0.3 is 5.69 Å². The second-order valence-electron chi connectivity index (χ2n) is 8.06. The molecule has 0 saturated carbocycles. The van der Waals surface area contributed by atoms with E-state index >= 15 is 0 Å². The van der Waals surface area contributed by atoms with E-state index in [1.807, 2.05) is 6.07 Å². The van der Waals surface area contributed by atoms with Crippen molar-refractivity contribution in [1.29, 1.82) is 0 Å². The average molecular weight is 420 g/mol. The normalized spacial score (nSPS) is 17.7. The number of nitrogens with one attached hydrogen (secondary N) is 3. The molecule has 5 rings (SSSR count). The summed E-state index contributed by atoms with van der Waals surface area (Å²) in [5.41, 5.74) is 3.87. The van der Waals surface area contributed by atoms with E-state index in [0.29, 0.717) is 48.9 Å². The molecule has 160 valence electrons. The summed E-state index contributed by atoms with van der Waals surface area (Å²) in [7, 11) is 0. The number of imidazole rings is 1. The number of hydrogen-bond donors (Lipinski definition) is 3. The highest BCUT2D eigenvalue weighted by atomic mass is 16.5. The topological polar surface area (TPSA) is 103 Å².